The molecule has 10 heteroatoms. The number of halogens is 3. The maximum Gasteiger partial charge on any atom is 0.416 e. The van der Waals surface area contributed by atoms with Crippen molar-refractivity contribution in [3.05, 3.63) is 83.5 Å². The Balaban J connectivity index is 2.31. The normalized spacial score (nSPS) is 12.7. The van der Waals surface area contributed by atoms with Gasteiger partial charge >= 0.3 is 12.1 Å². The molecule has 0 bridgehead atoms. The first-order valence-electron chi connectivity index (χ1n) is 10.2. The van der Waals surface area contributed by atoms with E-state index < -0.39 is 27.7 Å². The third-order valence-electron chi connectivity index (χ3n) is 4.69. The van der Waals surface area contributed by atoms with Gasteiger partial charge in [0.25, 0.3) is 10.0 Å². The Morgan fingerprint density at radius 1 is 1.09 bits per heavy atom. The number of esters is 1. The molecule has 2 aromatic rings. The molecular weight excluding hydrogens is 469 g/mol. The Hall–Kier alpha value is -3.58. The molecule has 0 atom stereocenters. The summed E-state index contributed by atoms with van der Waals surface area (Å²) >= 11 is 0. The minimum atomic E-state index is -4.58. The molecule has 0 fully saturated rings. The van der Waals surface area contributed by atoms with Gasteiger partial charge in [-0.25, -0.2) is 13.2 Å². The summed E-state index contributed by atoms with van der Waals surface area (Å²) in [5, 5.41) is 9.20. The number of benzene rings is 2. The highest BCUT2D eigenvalue weighted by atomic mass is 32.2. The van der Waals surface area contributed by atoms with Gasteiger partial charge in [-0.1, -0.05) is 30.4 Å². The monoisotopic (exact) mass is 492 g/mol. The highest BCUT2D eigenvalue weighted by Crippen LogP contribution is 2.31. The Morgan fingerprint density at radius 2 is 1.71 bits per heavy atom. The zero-order valence-electron chi connectivity index (χ0n) is 18.5. The van der Waals surface area contributed by atoms with E-state index in [1.54, 1.807) is 50.3 Å². The number of anilines is 1. The fraction of sp³-hybridized carbons (Fsp3) is 0.250. The van der Waals surface area contributed by atoms with Crippen LogP contribution in [-0.2, 0) is 25.7 Å². The third kappa shape index (κ3) is 6.71. The molecule has 0 radical (unpaired) electrons. The zero-order valence-corrected chi connectivity index (χ0v) is 19.4. The summed E-state index contributed by atoms with van der Waals surface area (Å²) in [5.74, 6) is -0.730. The number of carbonyl (C=O) groups is 1. The SMILES string of the molecule is CCOC(=O)/C(C#N)=C(\C)C/C=C/CN(c1ccccc1)S(=O)(=O)c1ccc(C(F)(F)F)cc1. The number of nitrogens with zero attached hydrogens (tertiary/aromatic N) is 2. The summed E-state index contributed by atoms with van der Waals surface area (Å²) in [5.41, 5.74) is -0.295. The van der Waals surface area contributed by atoms with Gasteiger partial charge < -0.3 is 4.74 Å². The van der Waals surface area contributed by atoms with E-state index in [1.807, 2.05) is 6.07 Å². The van der Waals surface area contributed by atoms with Gasteiger partial charge in [-0.3, -0.25) is 4.31 Å². The van der Waals surface area contributed by atoms with Crippen LogP contribution in [0.1, 0.15) is 25.8 Å². The molecule has 0 heterocycles. The molecule has 34 heavy (non-hydrogen) atoms. The van der Waals surface area contributed by atoms with Crippen LogP contribution in [-0.4, -0.2) is 27.5 Å². The highest BCUT2D eigenvalue weighted by molar-refractivity contribution is 7.92. The van der Waals surface area contributed by atoms with Gasteiger partial charge in [0.2, 0.25) is 0 Å². The van der Waals surface area contributed by atoms with E-state index in [9.17, 15) is 31.6 Å². The first kappa shape index (κ1) is 26.7. The number of alkyl halides is 3. The number of allylic oxidation sites excluding steroid dienone is 2. The van der Waals surface area contributed by atoms with E-state index >= 15 is 0 Å². The summed E-state index contributed by atoms with van der Waals surface area (Å²) in [4.78, 5) is 11.5. The van der Waals surface area contributed by atoms with Gasteiger partial charge in [0, 0.05) is 0 Å². The number of para-hydroxylation sites is 1. The van der Waals surface area contributed by atoms with Crippen molar-refractivity contribution in [2.24, 2.45) is 0 Å². The highest BCUT2D eigenvalue weighted by Gasteiger charge is 2.31. The number of ether oxygens (including phenoxy) is 1. The third-order valence-corrected chi connectivity index (χ3v) is 6.50. The van der Waals surface area contributed by atoms with Crippen molar-refractivity contribution in [2.75, 3.05) is 17.5 Å². The summed E-state index contributed by atoms with van der Waals surface area (Å²) < 4.78 is 71.0. The van der Waals surface area contributed by atoms with Gasteiger partial charge in [-0.05, 0) is 62.2 Å². The van der Waals surface area contributed by atoms with E-state index in [2.05, 4.69) is 0 Å². The molecule has 6 nitrogen and oxygen atoms in total. The minimum absolute atomic E-state index is 0.121. The van der Waals surface area contributed by atoms with Crippen LogP contribution >= 0.6 is 0 Å². The fourth-order valence-electron chi connectivity index (χ4n) is 2.93. The van der Waals surface area contributed by atoms with Crippen LogP contribution in [0.3, 0.4) is 0 Å². The van der Waals surface area contributed by atoms with Crippen LogP contribution in [0.25, 0.3) is 0 Å². The molecule has 180 valence electrons. The second kappa shape index (κ2) is 11.5. The van der Waals surface area contributed by atoms with Crippen molar-refractivity contribution in [1.82, 2.24) is 0 Å². The van der Waals surface area contributed by atoms with Gasteiger partial charge in [0.05, 0.1) is 29.3 Å². The molecule has 0 unspecified atom stereocenters. The molecular formula is C24H23F3N2O4S. The molecule has 0 aliphatic carbocycles. The largest absolute Gasteiger partial charge is 0.462 e. The van der Waals surface area contributed by atoms with E-state index in [4.69, 9.17) is 4.74 Å². The lowest BCUT2D eigenvalue weighted by Crippen LogP contribution is -2.31. The number of hydrogen-bond donors (Lipinski definition) is 0. The van der Waals surface area contributed by atoms with E-state index in [0.29, 0.717) is 11.3 Å². The lowest BCUT2D eigenvalue weighted by Gasteiger charge is -2.23. The number of rotatable bonds is 9. The lowest BCUT2D eigenvalue weighted by molar-refractivity contribution is -0.138. The Labute approximate surface area is 196 Å². The molecule has 0 spiro atoms. The average Bonchev–Trinajstić information content (AvgIpc) is 2.79. The van der Waals surface area contributed by atoms with Crippen molar-refractivity contribution in [3.63, 3.8) is 0 Å². The van der Waals surface area contributed by atoms with Crippen molar-refractivity contribution in [2.45, 2.75) is 31.3 Å². The second-order valence-corrected chi connectivity index (χ2v) is 8.92. The quantitative estimate of drug-likeness (QED) is 0.207. The number of carbonyl (C=O) groups excluding carboxylic acids is 1. The molecule has 0 aliphatic heterocycles. The first-order chi connectivity index (χ1) is 16.0. The molecule has 0 amide bonds. The maximum atomic E-state index is 13.2. The molecule has 2 aromatic carbocycles. The fourth-order valence-corrected chi connectivity index (χ4v) is 4.35. The van der Waals surface area contributed by atoms with Gasteiger partial charge in [-0.2, -0.15) is 18.4 Å². The average molecular weight is 493 g/mol. The maximum absolute atomic E-state index is 13.2. The predicted molar refractivity (Wildman–Crippen MR) is 121 cm³/mol. The van der Waals surface area contributed by atoms with Crippen LogP contribution in [0.2, 0.25) is 0 Å². The van der Waals surface area contributed by atoms with Crippen LogP contribution in [0.4, 0.5) is 18.9 Å². The molecule has 2 rings (SSSR count). The predicted octanol–water partition coefficient (Wildman–Crippen LogP) is 5.25. The Bertz CT molecular complexity index is 1200. The van der Waals surface area contributed by atoms with Gasteiger partial charge in [-0.15, -0.1) is 0 Å². The molecule has 0 aliphatic rings. The van der Waals surface area contributed by atoms with Crippen LogP contribution in [0, 0.1) is 11.3 Å². The topological polar surface area (TPSA) is 87.5 Å². The smallest absolute Gasteiger partial charge is 0.416 e. The standard InChI is InChI=1S/C24H23F3N2O4S/c1-3-33-23(30)22(17-28)18(2)9-7-8-16-29(20-10-5-4-6-11-20)34(31,32)21-14-12-19(13-15-21)24(25,26)27/h4-8,10-15H,3,9,16H2,1-2H3/b8-7+,22-18+. The number of hydrogen-bond acceptors (Lipinski definition) is 5. The number of nitriles is 1. The molecule has 0 saturated heterocycles. The first-order valence-corrected chi connectivity index (χ1v) is 11.6. The molecule has 0 saturated carbocycles. The van der Waals surface area contributed by atoms with Crippen LogP contribution in [0.15, 0.2) is 82.8 Å². The van der Waals surface area contributed by atoms with Crippen molar-refractivity contribution < 1.29 is 31.1 Å². The summed E-state index contributed by atoms with van der Waals surface area (Å²) in [7, 11) is -4.18. The van der Waals surface area contributed by atoms with Gasteiger partial charge in [0.1, 0.15) is 11.6 Å². The van der Waals surface area contributed by atoms with E-state index in [1.165, 1.54) is 6.08 Å². The Kier molecular flexibility index (Phi) is 9.04. The molecule has 0 N–H and O–H groups in total. The van der Waals surface area contributed by atoms with E-state index in [0.717, 1.165) is 28.6 Å². The summed E-state index contributed by atoms with van der Waals surface area (Å²) in [6, 6.07) is 13.2. The van der Waals surface area contributed by atoms with Crippen LogP contribution < -0.4 is 4.31 Å². The second-order valence-electron chi connectivity index (χ2n) is 7.06. The van der Waals surface area contributed by atoms with Crippen molar-refractivity contribution in [3.8, 4) is 6.07 Å². The minimum Gasteiger partial charge on any atom is -0.462 e. The van der Waals surface area contributed by atoms with Gasteiger partial charge in [0.15, 0.2) is 0 Å². The summed E-state index contributed by atoms with van der Waals surface area (Å²) in [6.07, 6.45) is -1.24. The Morgan fingerprint density at radius 3 is 2.24 bits per heavy atom. The molecule has 0 aromatic heterocycles. The number of sulfonamides is 1. The van der Waals surface area contributed by atoms with Crippen molar-refractivity contribution in [1.29, 1.82) is 5.26 Å². The lowest BCUT2D eigenvalue weighted by atomic mass is 10.1. The van der Waals surface area contributed by atoms with E-state index in [-0.39, 0.29) is 30.0 Å². The van der Waals surface area contributed by atoms with Crippen molar-refractivity contribution >= 4 is 21.7 Å². The van der Waals surface area contributed by atoms with Crippen LogP contribution in [0.5, 0.6) is 0 Å². The summed E-state index contributed by atoms with van der Waals surface area (Å²) in [6.45, 7) is 3.22. The zero-order chi connectivity index (χ0) is 25.4.